The van der Waals surface area contributed by atoms with Crippen LogP contribution >= 0.6 is 0 Å². The van der Waals surface area contributed by atoms with Gasteiger partial charge < -0.3 is 9.47 Å². The molecule has 0 aromatic heterocycles. The fourth-order valence-corrected chi connectivity index (χ4v) is 2.12. The molecule has 2 aromatic carbocycles. The van der Waals surface area contributed by atoms with Gasteiger partial charge in [-0.3, -0.25) is 14.9 Å². The molecular weight excluding hydrogens is 314 g/mol. The van der Waals surface area contributed by atoms with Crippen molar-refractivity contribution in [3.8, 4) is 11.5 Å². The van der Waals surface area contributed by atoms with Gasteiger partial charge in [0.15, 0.2) is 17.3 Å². The molecular formula is C17H15NO6. The minimum Gasteiger partial charge on any atom is -0.493 e. The number of ketones is 1. The van der Waals surface area contributed by atoms with Crippen molar-refractivity contribution in [1.82, 2.24) is 0 Å². The summed E-state index contributed by atoms with van der Waals surface area (Å²) >= 11 is 0. The van der Waals surface area contributed by atoms with Gasteiger partial charge in [-0.05, 0) is 44.2 Å². The lowest BCUT2D eigenvalue weighted by molar-refractivity contribution is -0.385. The molecule has 0 radical (unpaired) electrons. The summed E-state index contributed by atoms with van der Waals surface area (Å²) in [5.74, 6) is -0.419. The van der Waals surface area contributed by atoms with Crippen LogP contribution in [0.4, 0.5) is 5.69 Å². The SMILES string of the molecule is COc1cc(C(C)=O)ccc1OC(=O)c1ccc([N+](=O)[O-])c(C)c1. The molecule has 0 aliphatic rings. The largest absolute Gasteiger partial charge is 0.493 e. The van der Waals surface area contributed by atoms with E-state index in [1.807, 2.05) is 0 Å². The summed E-state index contributed by atoms with van der Waals surface area (Å²) in [4.78, 5) is 33.9. The lowest BCUT2D eigenvalue weighted by atomic mass is 10.1. The van der Waals surface area contributed by atoms with Crippen LogP contribution in [0.2, 0.25) is 0 Å². The van der Waals surface area contributed by atoms with Crippen LogP contribution in [-0.4, -0.2) is 23.8 Å². The van der Waals surface area contributed by atoms with E-state index in [1.165, 1.54) is 57.4 Å². The van der Waals surface area contributed by atoms with Crippen molar-refractivity contribution in [1.29, 1.82) is 0 Å². The van der Waals surface area contributed by atoms with Crippen molar-refractivity contribution < 1.29 is 24.0 Å². The number of ether oxygens (including phenoxy) is 2. The summed E-state index contributed by atoms with van der Waals surface area (Å²) < 4.78 is 10.4. The van der Waals surface area contributed by atoms with E-state index in [1.54, 1.807) is 0 Å². The second-order valence-electron chi connectivity index (χ2n) is 5.07. The molecule has 0 aliphatic carbocycles. The van der Waals surface area contributed by atoms with Gasteiger partial charge in [-0.25, -0.2) is 4.79 Å². The maximum atomic E-state index is 12.2. The molecule has 0 fully saturated rings. The summed E-state index contributed by atoms with van der Waals surface area (Å²) in [6.45, 7) is 2.96. The number of esters is 1. The molecule has 7 heteroatoms. The number of aryl methyl sites for hydroxylation is 1. The predicted octanol–water partition coefficient (Wildman–Crippen LogP) is 3.33. The number of hydrogen-bond donors (Lipinski definition) is 0. The van der Waals surface area contributed by atoms with Gasteiger partial charge in [-0.1, -0.05) is 0 Å². The van der Waals surface area contributed by atoms with E-state index >= 15 is 0 Å². The number of nitrogens with zero attached hydrogens (tertiary/aromatic N) is 1. The predicted molar refractivity (Wildman–Crippen MR) is 85.8 cm³/mol. The summed E-state index contributed by atoms with van der Waals surface area (Å²) in [7, 11) is 1.40. The van der Waals surface area contributed by atoms with E-state index in [0.717, 1.165) is 0 Å². The summed E-state index contributed by atoms with van der Waals surface area (Å²) in [6.07, 6.45) is 0. The zero-order valence-electron chi connectivity index (χ0n) is 13.4. The molecule has 0 amide bonds. The van der Waals surface area contributed by atoms with Crippen LogP contribution in [0.3, 0.4) is 0 Å². The van der Waals surface area contributed by atoms with Crippen molar-refractivity contribution in [2.75, 3.05) is 7.11 Å². The Balaban J connectivity index is 2.28. The van der Waals surface area contributed by atoms with Crippen LogP contribution in [0.1, 0.15) is 33.2 Å². The minimum absolute atomic E-state index is 0.0741. The van der Waals surface area contributed by atoms with E-state index in [-0.39, 0.29) is 28.5 Å². The number of benzene rings is 2. The van der Waals surface area contributed by atoms with E-state index in [2.05, 4.69) is 0 Å². The van der Waals surface area contributed by atoms with Crippen LogP contribution in [-0.2, 0) is 0 Å². The Morgan fingerprint density at radius 1 is 1.04 bits per heavy atom. The molecule has 0 saturated carbocycles. The van der Waals surface area contributed by atoms with Crippen molar-refractivity contribution in [2.45, 2.75) is 13.8 Å². The van der Waals surface area contributed by atoms with Gasteiger partial charge in [0.1, 0.15) is 0 Å². The van der Waals surface area contributed by atoms with Crippen molar-refractivity contribution in [2.24, 2.45) is 0 Å². The third-order valence-corrected chi connectivity index (χ3v) is 3.40. The fraction of sp³-hybridized carbons (Fsp3) is 0.176. The number of Topliss-reactive ketones (excluding diaryl/α,β-unsaturated/α-hetero) is 1. The standard InChI is InChI=1S/C17H15NO6/c1-10-8-13(4-6-14(10)18(21)22)17(20)24-15-7-5-12(11(2)19)9-16(15)23-3/h4-9H,1-3H3. The third kappa shape index (κ3) is 3.57. The fourth-order valence-electron chi connectivity index (χ4n) is 2.12. The maximum Gasteiger partial charge on any atom is 0.343 e. The molecule has 7 nitrogen and oxygen atoms in total. The molecule has 0 aliphatic heterocycles. The summed E-state index contributed by atoms with van der Waals surface area (Å²) in [6, 6.07) is 8.43. The van der Waals surface area contributed by atoms with Gasteiger partial charge >= 0.3 is 5.97 Å². The Bertz CT molecular complexity index is 828. The molecule has 24 heavy (non-hydrogen) atoms. The van der Waals surface area contributed by atoms with Crippen LogP contribution < -0.4 is 9.47 Å². The van der Waals surface area contributed by atoms with Crippen molar-refractivity contribution >= 4 is 17.4 Å². The van der Waals surface area contributed by atoms with E-state index < -0.39 is 10.9 Å². The first kappa shape index (κ1) is 17.1. The summed E-state index contributed by atoms with van der Waals surface area (Å²) in [5, 5.41) is 10.8. The number of nitro benzene ring substituents is 1. The highest BCUT2D eigenvalue weighted by Crippen LogP contribution is 2.29. The highest BCUT2D eigenvalue weighted by atomic mass is 16.6. The number of carbonyl (C=O) groups excluding carboxylic acids is 2. The molecule has 0 unspecified atom stereocenters. The molecule has 0 spiro atoms. The lowest BCUT2D eigenvalue weighted by Gasteiger charge is -2.10. The van der Waals surface area contributed by atoms with Crippen LogP contribution in [0.15, 0.2) is 36.4 Å². The van der Waals surface area contributed by atoms with Crippen molar-refractivity contribution in [3.05, 3.63) is 63.2 Å². The average molecular weight is 329 g/mol. The maximum absolute atomic E-state index is 12.2. The number of methoxy groups -OCH3 is 1. The zero-order chi connectivity index (χ0) is 17.9. The smallest absolute Gasteiger partial charge is 0.343 e. The zero-order valence-corrected chi connectivity index (χ0v) is 13.4. The Hall–Kier alpha value is -3.22. The van der Waals surface area contributed by atoms with E-state index in [0.29, 0.717) is 11.1 Å². The normalized spacial score (nSPS) is 10.1. The molecule has 0 heterocycles. The van der Waals surface area contributed by atoms with Gasteiger partial charge in [-0.15, -0.1) is 0 Å². The minimum atomic E-state index is -0.679. The Morgan fingerprint density at radius 3 is 2.25 bits per heavy atom. The monoisotopic (exact) mass is 329 g/mol. The number of carbonyl (C=O) groups is 2. The van der Waals surface area contributed by atoms with Gasteiger partial charge in [0.05, 0.1) is 17.6 Å². The topological polar surface area (TPSA) is 95.7 Å². The Labute approximate surface area is 138 Å². The quantitative estimate of drug-likeness (QED) is 0.274. The van der Waals surface area contributed by atoms with Crippen LogP contribution in [0.5, 0.6) is 11.5 Å². The Morgan fingerprint density at radius 2 is 1.71 bits per heavy atom. The van der Waals surface area contributed by atoms with E-state index in [4.69, 9.17) is 9.47 Å². The second-order valence-corrected chi connectivity index (χ2v) is 5.07. The first-order chi connectivity index (χ1) is 11.3. The molecule has 0 saturated heterocycles. The summed E-state index contributed by atoms with van der Waals surface area (Å²) in [5.41, 5.74) is 0.886. The number of rotatable bonds is 5. The highest BCUT2D eigenvalue weighted by molar-refractivity contribution is 5.95. The molecule has 0 N–H and O–H groups in total. The average Bonchev–Trinajstić information content (AvgIpc) is 2.54. The number of hydrogen-bond acceptors (Lipinski definition) is 6. The highest BCUT2D eigenvalue weighted by Gasteiger charge is 2.17. The first-order valence-electron chi connectivity index (χ1n) is 6.99. The van der Waals surface area contributed by atoms with Gasteiger partial charge in [0.2, 0.25) is 0 Å². The van der Waals surface area contributed by atoms with Crippen LogP contribution in [0, 0.1) is 17.0 Å². The van der Waals surface area contributed by atoms with Gasteiger partial charge in [-0.2, -0.15) is 0 Å². The van der Waals surface area contributed by atoms with Gasteiger partial charge in [0, 0.05) is 17.2 Å². The van der Waals surface area contributed by atoms with Gasteiger partial charge in [0.25, 0.3) is 5.69 Å². The second kappa shape index (κ2) is 6.91. The molecule has 0 bridgehead atoms. The van der Waals surface area contributed by atoms with Crippen molar-refractivity contribution in [3.63, 3.8) is 0 Å². The molecule has 0 atom stereocenters. The Kier molecular flexibility index (Phi) is 4.93. The molecule has 124 valence electrons. The van der Waals surface area contributed by atoms with E-state index in [9.17, 15) is 19.7 Å². The number of nitro groups is 1. The third-order valence-electron chi connectivity index (χ3n) is 3.40. The molecule has 2 rings (SSSR count). The molecule has 2 aromatic rings. The first-order valence-corrected chi connectivity index (χ1v) is 6.99. The van der Waals surface area contributed by atoms with Crippen LogP contribution in [0.25, 0.3) is 0 Å². The lowest BCUT2D eigenvalue weighted by Crippen LogP contribution is -2.10.